The molecular weight excluding hydrogens is 280 g/mol. The van der Waals surface area contributed by atoms with Crippen molar-refractivity contribution in [3.8, 4) is 17.2 Å². The fourth-order valence-electron chi connectivity index (χ4n) is 1.78. The van der Waals surface area contributed by atoms with Crippen LogP contribution >= 0.6 is 0 Å². The quantitative estimate of drug-likeness (QED) is 0.886. The third-order valence-corrected chi connectivity index (χ3v) is 3.11. The first-order valence-electron chi connectivity index (χ1n) is 6.92. The fourth-order valence-corrected chi connectivity index (χ4v) is 1.78. The second kappa shape index (κ2) is 9.65. The van der Waals surface area contributed by atoms with Crippen LogP contribution in [0.2, 0.25) is 0 Å². The van der Waals surface area contributed by atoms with E-state index in [-0.39, 0.29) is 0 Å². The first kappa shape index (κ1) is 17.8. The van der Waals surface area contributed by atoms with E-state index >= 15 is 0 Å². The molecule has 0 aliphatic heterocycles. The standard InChI is InChI=1S/C9H13NO2.C8H11NO/c1-11-8-4-3-7(6-10)9(5-8)12-2;1-10-8-4-2-7(6-9)3-5-8/h3-5H,6,10H2,1-2H3;2-5H,6,9H2,1H3. The lowest BCUT2D eigenvalue weighted by molar-refractivity contribution is 0.391. The predicted octanol–water partition coefficient (Wildman–Crippen LogP) is 2.32. The number of rotatable bonds is 5. The van der Waals surface area contributed by atoms with Crippen molar-refractivity contribution in [3.63, 3.8) is 0 Å². The van der Waals surface area contributed by atoms with Gasteiger partial charge < -0.3 is 25.7 Å². The second-order valence-electron chi connectivity index (χ2n) is 4.43. The molecule has 0 heterocycles. The van der Waals surface area contributed by atoms with E-state index in [1.54, 1.807) is 21.3 Å². The zero-order valence-electron chi connectivity index (χ0n) is 13.3. The first-order valence-corrected chi connectivity index (χ1v) is 6.92. The molecule has 0 amide bonds. The zero-order chi connectivity index (χ0) is 16.4. The van der Waals surface area contributed by atoms with Gasteiger partial charge >= 0.3 is 0 Å². The minimum Gasteiger partial charge on any atom is -0.497 e. The molecule has 0 spiro atoms. The Labute approximate surface area is 131 Å². The van der Waals surface area contributed by atoms with Gasteiger partial charge in [0.1, 0.15) is 17.2 Å². The van der Waals surface area contributed by atoms with Gasteiger partial charge in [-0.05, 0) is 23.8 Å². The summed E-state index contributed by atoms with van der Waals surface area (Å²) in [4.78, 5) is 0. The van der Waals surface area contributed by atoms with Gasteiger partial charge in [0.15, 0.2) is 0 Å². The summed E-state index contributed by atoms with van der Waals surface area (Å²) in [6, 6.07) is 13.3. The highest BCUT2D eigenvalue weighted by molar-refractivity contribution is 5.40. The molecular formula is C17H24N2O3. The molecule has 0 bridgehead atoms. The lowest BCUT2D eigenvalue weighted by atomic mass is 10.2. The van der Waals surface area contributed by atoms with Gasteiger partial charge in [0.25, 0.3) is 0 Å². The van der Waals surface area contributed by atoms with E-state index in [4.69, 9.17) is 25.7 Å². The average molecular weight is 304 g/mol. The summed E-state index contributed by atoms with van der Waals surface area (Å²) in [5.74, 6) is 2.43. The normalized spacial score (nSPS) is 9.50. The third-order valence-electron chi connectivity index (χ3n) is 3.11. The molecule has 0 aliphatic carbocycles. The molecule has 4 N–H and O–H groups in total. The van der Waals surface area contributed by atoms with Gasteiger partial charge in [-0.1, -0.05) is 18.2 Å². The van der Waals surface area contributed by atoms with Crippen LogP contribution in [-0.4, -0.2) is 21.3 Å². The third kappa shape index (κ3) is 5.27. The van der Waals surface area contributed by atoms with Crippen molar-refractivity contribution >= 4 is 0 Å². The van der Waals surface area contributed by atoms with Crippen molar-refractivity contribution in [3.05, 3.63) is 53.6 Å². The predicted molar refractivity (Wildman–Crippen MR) is 88.3 cm³/mol. The van der Waals surface area contributed by atoms with E-state index in [9.17, 15) is 0 Å². The smallest absolute Gasteiger partial charge is 0.127 e. The number of benzene rings is 2. The monoisotopic (exact) mass is 304 g/mol. The van der Waals surface area contributed by atoms with E-state index in [0.29, 0.717) is 13.1 Å². The minimum absolute atomic E-state index is 0.479. The van der Waals surface area contributed by atoms with Crippen LogP contribution < -0.4 is 25.7 Å². The lowest BCUT2D eigenvalue weighted by Crippen LogP contribution is -1.99. The average Bonchev–Trinajstić information content (AvgIpc) is 2.61. The molecule has 0 aromatic heterocycles. The van der Waals surface area contributed by atoms with Crippen LogP contribution in [-0.2, 0) is 13.1 Å². The van der Waals surface area contributed by atoms with Gasteiger partial charge in [-0.3, -0.25) is 0 Å². The Kier molecular flexibility index (Phi) is 7.81. The Balaban J connectivity index is 0.000000224. The maximum atomic E-state index is 5.50. The molecule has 0 saturated carbocycles. The number of hydrogen-bond acceptors (Lipinski definition) is 5. The van der Waals surface area contributed by atoms with Crippen LogP contribution in [0.5, 0.6) is 17.2 Å². The Morgan fingerprint density at radius 2 is 1.32 bits per heavy atom. The van der Waals surface area contributed by atoms with Crippen LogP contribution in [0.15, 0.2) is 42.5 Å². The van der Waals surface area contributed by atoms with Crippen molar-refractivity contribution in [1.82, 2.24) is 0 Å². The van der Waals surface area contributed by atoms with E-state index in [1.807, 2.05) is 42.5 Å². The second-order valence-corrected chi connectivity index (χ2v) is 4.43. The van der Waals surface area contributed by atoms with Crippen molar-refractivity contribution in [2.75, 3.05) is 21.3 Å². The molecule has 0 atom stereocenters. The topological polar surface area (TPSA) is 79.7 Å². The minimum atomic E-state index is 0.479. The molecule has 5 nitrogen and oxygen atoms in total. The number of hydrogen-bond donors (Lipinski definition) is 2. The molecule has 0 saturated heterocycles. The van der Waals surface area contributed by atoms with E-state index in [2.05, 4.69) is 0 Å². The van der Waals surface area contributed by atoms with Crippen LogP contribution in [0, 0.1) is 0 Å². The highest BCUT2D eigenvalue weighted by atomic mass is 16.5. The van der Waals surface area contributed by atoms with Crippen molar-refractivity contribution in [2.45, 2.75) is 13.1 Å². The maximum absolute atomic E-state index is 5.50. The SMILES string of the molecule is COc1ccc(CN)c(OC)c1.COc1ccc(CN)cc1. The molecule has 2 rings (SSSR count). The number of nitrogens with two attached hydrogens (primary N) is 2. The van der Waals surface area contributed by atoms with Crippen LogP contribution in [0.1, 0.15) is 11.1 Å². The summed E-state index contributed by atoms with van der Waals surface area (Å²) in [5, 5.41) is 0. The highest BCUT2D eigenvalue weighted by Crippen LogP contribution is 2.23. The first-order chi connectivity index (χ1) is 10.7. The summed E-state index contributed by atoms with van der Waals surface area (Å²) in [7, 11) is 4.89. The van der Waals surface area contributed by atoms with Crippen molar-refractivity contribution < 1.29 is 14.2 Å². The zero-order valence-corrected chi connectivity index (χ0v) is 13.3. The van der Waals surface area contributed by atoms with Crippen LogP contribution in [0.3, 0.4) is 0 Å². The van der Waals surface area contributed by atoms with E-state index in [0.717, 1.165) is 28.4 Å². The Hall–Kier alpha value is -2.24. The molecule has 5 heteroatoms. The summed E-state index contributed by atoms with van der Waals surface area (Å²) in [6.45, 7) is 1.07. The van der Waals surface area contributed by atoms with Gasteiger partial charge in [-0.2, -0.15) is 0 Å². The Morgan fingerprint density at radius 1 is 0.727 bits per heavy atom. The molecule has 120 valence electrons. The molecule has 2 aromatic carbocycles. The van der Waals surface area contributed by atoms with Crippen molar-refractivity contribution in [1.29, 1.82) is 0 Å². The number of methoxy groups -OCH3 is 3. The van der Waals surface area contributed by atoms with Gasteiger partial charge in [0, 0.05) is 24.7 Å². The van der Waals surface area contributed by atoms with E-state index in [1.165, 1.54) is 0 Å². The summed E-state index contributed by atoms with van der Waals surface area (Å²) >= 11 is 0. The fraction of sp³-hybridized carbons (Fsp3) is 0.294. The molecule has 0 aliphatic rings. The summed E-state index contributed by atoms with van der Waals surface area (Å²) < 4.78 is 15.1. The van der Waals surface area contributed by atoms with Gasteiger partial charge in [-0.15, -0.1) is 0 Å². The largest absolute Gasteiger partial charge is 0.497 e. The van der Waals surface area contributed by atoms with Gasteiger partial charge in [0.2, 0.25) is 0 Å². The number of ether oxygens (including phenoxy) is 3. The molecule has 0 radical (unpaired) electrons. The van der Waals surface area contributed by atoms with Crippen LogP contribution in [0.25, 0.3) is 0 Å². The Morgan fingerprint density at radius 3 is 1.77 bits per heavy atom. The molecule has 0 fully saturated rings. The van der Waals surface area contributed by atoms with Gasteiger partial charge in [-0.25, -0.2) is 0 Å². The molecule has 0 unspecified atom stereocenters. The molecule has 2 aromatic rings. The van der Waals surface area contributed by atoms with E-state index < -0.39 is 0 Å². The van der Waals surface area contributed by atoms with Crippen molar-refractivity contribution in [2.24, 2.45) is 11.5 Å². The maximum Gasteiger partial charge on any atom is 0.127 e. The Bertz CT molecular complexity index is 533. The lowest BCUT2D eigenvalue weighted by Gasteiger charge is -2.07. The van der Waals surface area contributed by atoms with Crippen LogP contribution in [0.4, 0.5) is 0 Å². The summed E-state index contributed by atoms with van der Waals surface area (Å²) in [5.41, 5.74) is 13.0. The highest BCUT2D eigenvalue weighted by Gasteiger charge is 2.01. The molecule has 22 heavy (non-hydrogen) atoms. The van der Waals surface area contributed by atoms with Gasteiger partial charge in [0.05, 0.1) is 21.3 Å². The summed E-state index contributed by atoms with van der Waals surface area (Å²) in [6.07, 6.45) is 0.